The maximum absolute atomic E-state index is 11.8. The van der Waals surface area contributed by atoms with Crippen molar-refractivity contribution in [3.63, 3.8) is 0 Å². The largest absolute Gasteiger partial charge is 0.748 e. The number of hydrogen-bond donors (Lipinski definition) is 0. The Bertz CT molecular complexity index is 702. The number of ketones is 2. The highest BCUT2D eigenvalue weighted by molar-refractivity contribution is 8.05. The zero-order valence-electron chi connectivity index (χ0n) is 17.7. The molecule has 28 heavy (non-hydrogen) atoms. The number of fused-ring (bicyclic) bond motifs is 2. The van der Waals surface area contributed by atoms with Crippen molar-refractivity contribution in [2.45, 2.75) is 53.9 Å². The van der Waals surface area contributed by atoms with Crippen molar-refractivity contribution >= 4 is 44.3 Å². The fraction of sp³-hybridized carbons (Fsp3) is 0.900. The zero-order chi connectivity index (χ0) is 21.4. The number of rotatable bonds is 4. The lowest BCUT2D eigenvalue weighted by atomic mass is 9.70. The standard InChI is InChI=1S/C10H16O4S.C10H19OS2/c1-9(2)7-3-4-10(9,8(11)5-7)6-15(12,13)14;1-10(2,3)9(11)8-13-6-4-12-5-7-13/h7H,3-6H2,1-2H3,(H,12,13,14);4-8H2,1-3H3/q;+1/p-1. The van der Waals surface area contributed by atoms with Crippen LogP contribution in [0, 0.1) is 22.2 Å². The second-order valence-electron chi connectivity index (χ2n) is 9.82. The van der Waals surface area contributed by atoms with Crippen LogP contribution in [-0.2, 0) is 30.6 Å². The molecule has 0 aromatic rings. The normalized spacial score (nSPS) is 30.1. The molecular formula is C20H34O5S3. The van der Waals surface area contributed by atoms with Gasteiger partial charge in [-0.2, -0.15) is 11.8 Å². The molecule has 1 heterocycles. The number of hydrogen-bond acceptors (Lipinski definition) is 6. The molecule has 3 rings (SSSR count). The zero-order valence-corrected chi connectivity index (χ0v) is 20.2. The van der Waals surface area contributed by atoms with Gasteiger partial charge in [-0.25, -0.2) is 8.42 Å². The third-order valence-electron chi connectivity index (χ3n) is 6.77. The molecule has 1 saturated heterocycles. The summed E-state index contributed by atoms with van der Waals surface area (Å²) >= 11 is 2.03. The van der Waals surface area contributed by atoms with E-state index in [1.807, 2.05) is 46.4 Å². The SMILES string of the molecule is CC(C)(C)C(=O)C[S+]1CCSCC1.CC1(C)C2CCC1(CS(=O)(=O)[O-])C(=O)C2. The van der Waals surface area contributed by atoms with E-state index in [1.165, 1.54) is 23.0 Å². The average molecular weight is 451 g/mol. The fourth-order valence-electron chi connectivity index (χ4n) is 4.51. The van der Waals surface area contributed by atoms with Gasteiger partial charge in [-0.15, -0.1) is 0 Å². The van der Waals surface area contributed by atoms with Gasteiger partial charge in [0, 0.05) is 28.8 Å². The Balaban J connectivity index is 0.000000203. The summed E-state index contributed by atoms with van der Waals surface area (Å²) in [7, 11) is -3.92. The minimum absolute atomic E-state index is 0.0248. The van der Waals surface area contributed by atoms with Gasteiger partial charge < -0.3 is 4.55 Å². The molecule has 0 amide bonds. The van der Waals surface area contributed by atoms with Gasteiger partial charge in [-0.05, 0) is 35.1 Å². The maximum atomic E-state index is 11.8. The van der Waals surface area contributed by atoms with Gasteiger partial charge in [0.25, 0.3) is 0 Å². The van der Waals surface area contributed by atoms with Gasteiger partial charge in [-0.1, -0.05) is 34.6 Å². The van der Waals surface area contributed by atoms with E-state index in [1.54, 1.807) is 0 Å². The summed E-state index contributed by atoms with van der Waals surface area (Å²) in [4.78, 5) is 23.6. The molecule has 2 bridgehead atoms. The summed E-state index contributed by atoms with van der Waals surface area (Å²) in [5.41, 5.74) is -1.35. The molecule has 162 valence electrons. The molecule has 2 unspecified atom stereocenters. The first kappa shape index (κ1) is 24.2. The Hall–Kier alpha value is -0.0500. The third kappa shape index (κ3) is 5.35. The Morgan fingerprint density at radius 1 is 1.25 bits per heavy atom. The number of carbonyl (C=O) groups is 2. The van der Waals surface area contributed by atoms with Crippen molar-refractivity contribution in [3.8, 4) is 0 Å². The van der Waals surface area contributed by atoms with Gasteiger partial charge in [0.15, 0.2) is 11.5 Å². The van der Waals surface area contributed by atoms with E-state index in [2.05, 4.69) is 0 Å². The molecule has 0 aromatic carbocycles. The monoisotopic (exact) mass is 450 g/mol. The molecule has 8 heteroatoms. The summed E-state index contributed by atoms with van der Waals surface area (Å²) < 4.78 is 32.7. The molecular weight excluding hydrogens is 416 g/mol. The molecule has 0 radical (unpaired) electrons. The van der Waals surface area contributed by atoms with Gasteiger partial charge >= 0.3 is 0 Å². The lowest BCUT2D eigenvalue weighted by molar-refractivity contribution is -0.128. The Morgan fingerprint density at radius 2 is 1.82 bits per heavy atom. The maximum Gasteiger partial charge on any atom is 0.187 e. The van der Waals surface area contributed by atoms with Crippen LogP contribution in [0.5, 0.6) is 0 Å². The highest BCUT2D eigenvalue weighted by Crippen LogP contribution is 2.64. The molecule has 2 saturated carbocycles. The van der Waals surface area contributed by atoms with Crippen LogP contribution in [0.3, 0.4) is 0 Å². The molecule has 3 fully saturated rings. The fourth-order valence-corrected chi connectivity index (χ4v) is 10.1. The van der Waals surface area contributed by atoms with E-state index in [0.29, 0.717) is 29.5 Å². The molecule has 5 nitrogen and oxygen atoms in total. The highest BCUT2D eigenvalue weighted by atomic mass is 32.2. The van der Waals surface area contributed by atoms with E-state index in [0.717, 1.165) is 12.2 Å². The summed E-state index contributed by atoms with van der Waals surface area (Å²) in [6.45, 7) is 9.91. The first-order valence-corrected chi connectivity index (χ1v) is 14.4. The quantitative estimate of drug-likeness (QED) is 0.483. The van der Waals surface area contributed by atoms with Gasteiger partial charge in [-0.3, -0.25) is 9.59 Å². The molecule has 0 spiro atoms. The number of thioether (sulfide) groups is 1. The Morgan fingerprint density at radius 3 is 2.21 bits per heavy atom. The molecule has 2 atom stereocenters. The van der Waals surface area contributed by atoms with E-state index in [-0.39, 0.29) is 22.5 Å². The summed E-state index contributed by atoms with van der Waals surface area (Å²) in [5.74, 6) is 6.07. The lowest BCUT2D eigenvalue weighted by Crippen LogP contribution is -2.42. The highest BCUT2D eigenvalue weighted by Gasteiger charge is 2.64. The van der Waals surface area contributed by atoms with Crippen LogP contribution in [0.2, 0.25) is 0 Å². The van der Waals surface area contributed by atoms with Crippen LogP contribution in [0.4, 0.5) is 0 Å². The van der Waals surface area contributed by atoms with Crippen LogP contribution in [-0.4, -0.2) is 59.1 Å². The Labute approximate surface area is 177 Å². The second kappa shape index (κ2) is 8.60. The summed E-state index contributed by atoms with van der Waals surface area (Å²) in [6, 6.07) is 0. The van der Waals surface area contributed by atoms with Crippen LogP contribution >= 0.6 is 11.8 Å². The molecule has 3 aliphatic rings. The van der Waals surface area contributed by atoms with E-state index in [4.69, 9.17) is 0 Å². The summed E-state index contributed by atoms with van der Waals surface area (Å²) in [5, 5.41) is 0. The van der Waals surface area contributed by atoms with Crippen molar-refractivity contribution in [1.82, 2.24) is 0 Å². The number of Topliss-reactive ketones (excluding diaryl/α,β-unsaturated/α-hetero) is 2. The first-order chi connectivity index (χ1) is 12.7. The third-order valence-corrected chi connectivity index (χ3v) is 11.3. The van der Waals surface area contributed by atoms with Crippen molar-refractivity contribution in [3.05, 3.63) is 0 Å². The van der Waals surface area contributed by atoms with Crippen LogP contribution in [0.25, 0.3) is 0 Å². The first-order valence-electron chi connectivity index (χ1n) is 9.91. The van der Waals surface area contributed by atoms with Gasteiger partial charge in [0.1, 0.15) is 17.3 Å². The van der Waals surface area contributed by atoms with Gasteiger partial charge in [0.2, 0.25) is 0 Å². The summed E-state index contributed by atoms with van der Waals surface area (Å²) in [6.07, 6.45) is 1.88. The van der Waals surface area contributed by atoms with Crippen molar-refractivity contribution in [2.75, 3.05) is 34.5 Å². The van der Waals surface area contributed by atoms with Crippen LogP contribution < -0.4 is 0 Å². The van der Waals surface area contributed by atoms with Crippen molar-refractivity contribution in [1.29, 1.82) is 0 Å². The minimum Gasteiger partial charge on any atom is -0.748 e. The van der Waals surface area contributed by atoms with E-state index in [9.17, 15) is 22.6 Å². The van der Waals surface area contributed by atoms with E-state index >= 15 is 0 Å². The lowest BCUT2D eigenvalue weighted by Gasteiger charge is -2.37. The number of carbonyl (C=O) groups excluding carboxylic acids is 2. The average Bonchev–Trinajstić information content (AvgIpc) is 2.88. The van der Waals surface area contributed by atoms with Crippen molar-refractivity contribution in [2.24, 2.45) is 22.2 Å². The van der Waals surface area contributed by atoms with E-state index < -0.39 is 21.3 Å². The predicted octanol–water partition coefficient (Wildman–Crippen LogP) is 2.89. The molecule has 1 aliphatic heterocycles. The minimum atomic E-state index is -4.33. The van der Waals surface area contributed by atoms with Crippen molar-refractivity contribution < 1.29 is 22.6 Å². The Kier molecular flexibility index (Phi) is 7.44. The second-order valence-corrected chi connectivity index (χ2v) is 14.8. The van der Waals surface area contributed by atoms with Crippen LogP contribution in [0.1, 0.15) is 53.9 Å². The van der Waals surface area contributed by atoms with Crippen LogP contribution in [0.15, 0.2) is 0 Å². The predicted molar refractivity (Wildman–Crippen MR) is 117 cm³/mol. The molecule has 0 aromatic heterocycles. The smallest absolute Gasteiger partial charge is 0.187 e. The molecule has 2 aliphatic carbocycles. The topological polar surface area (TPSA) is 91.3 Å². The molecule has 0 N–H and O–H groups in total. The van der Waals surface area contributed by atoms with Gasteiger partial charge in [0.05, 0.1) is 15.9 Å².